The molecule has 6 heteroatoms. The summed E-state index contributed by atoms with van der Waals surface area (Å²) in [6.45, 7) is 5.95. The highest BCUT2D eigenvalue weighted by Crippen LogP contribution is 2.17. The van der Waals surface area contributed by atoms with E-state index in [-0.39, 0.29) is 17.9 Å². The minimum absolute atomic E-state index is 0.0584. The third-order valence-corrected chi connectivity index (χ3v) is 4.29. The van der Waals surface area contributed by atoms with Gasteiger partial charge in [0.05, 0.1) is 12.2 Å². The summed E-state index contributed by atoms with van der Waals surface area (Å²) in [7, 11) is 0. The van der Waals surface area contributed by atoms with Crippen LogP contribution in [0.3, 0.4) is 0 Å². The van der Waals surface area contributed by atoms with Crippen LogP contribution < -0.4 is 20.7 Å². The predicted molar refractivity (Wildman–Crippen MR) is 97.8 cm³/mol. The molecule has 3 N–H and O–H groups in total. The van der Waals surface area contributed by atoms with Crippen LogP contribution in [-0.4, -0.2) is 43.6 Å². The average molecular weight is 347 g/mol. The van der Waals surface area contributed by atoms with Crippen molar-refractivity contribution in [3.63, 3.8) is 0 Å². The second-order valence-corrected chi connectivity index (χ2v) is 6.43. The molecular formula is C19H29N3O3. The molecule has 1 aromatic carbocycles. The molecule has 0 radical (unpaired) electrons. The first kappa shape index (κ1) is 19.2. The lowest BCUT2D eigenvalue weighted by Gasteiger charge is -2.28. The van der Waals surface area contributed by atoms with Gasteiger partial charge in [-0.25, -0.2) is 0 Å². The van der Waals surface area contributed by atoms with E-state index < -0.39 is 0 Å². The SMILES string of the molecule is CCOc1ccccc1C(=O)NCCCC(=O)NC1CCNC(C)C1. The van der Waals surface area contributed by atoms with Gasteiger partial charge in [0.1, 0.15) is 5.75 Å². The van der Waals surface area contributed by atoms with Gasteiger partial charge < -0.3 is 20.7 Å². The van der Waals surface area contributed by atoms with Gasteiger partial charge in [0.2, 0.25) is 5.91 Å². The number of amides is 2. The van der Waals surface area contributed by atoms with Crippen LogP contribution in [0.25, 0.3) is 0 Å². The molecule has 6 nitrogen and oxygen atoms in total. The molecule has 1 aromatic rings. The number of para-hydroxylation sites is 1. The summed E-state index contributed by atoms with van der Waals surface area (Å²) in [6, 6.07) is 7.88. The van der Waals surface area contributed by atoms with E-state index in [2.05, 4.69) is 22.9 Å². The fourth-order valence-electron chi connectivity index (χ4n) is 3.04. The van der Waals surface area contributed by atoms with Crippen molar-refractivity contribution in [1.29, 1.82) is 0 Å². The second kappa shape index (κ2) is 10.0. The Kier molecular flexibility index (Phi) is 7.73. The molecule has 0 aliphatic carbocycles. The van der Waals surface area contributed by atoms with Crippen LogP contribution in [0.15, 0.2) is 24.3 Å². The monoisotopic (exact) mass is 347 g/mol. The Morgan fingerprint density at radius 3 is 2.88 bits per heavy atom. The van der Waals surface area contributed by atoms with Crippen LogP contribution in [0, 0.1) is 0 Å². The van der Waals surface area contributed by atoms with Crippen molar-refractivity contribution in [3.8, 4) is 5.75 Å². The molecule has 0 bridgehead atoms. The molecule has 2 amide bonds. The number of benzene rings is 1. The Morgan fingerprint density at radius 2 is 2.12 bits per heavy atom. The molecular weight excluding hydrogens is 318 g/mol. The Balaban J connectivity index is 1.68. The second-order valence-electron chi connectivity index (χ2n) is 6.43. The van der Waals surface area contributed by atoms with Crippen molar-refractivity contribution < 1.29 is 14.3 Å². The van der Waals surface area contributed by atoms with Crippen molar-refractivity contribution in [2.75, 3.05) is 19.7 Å². The zero-order chi connectivity index (χ0) is 18.1. The minimum Gasteiger partial charge on any atom is -0.493 e. The highest BCUT2D eigenvalue weighted by molar-refractivity contribution is 5.96. The smallest absolute Gasteiger partial charge is 0.255 e. The zero-order valence-electron chi connectivity index (χ0n) is 15.1. The Morgan fingerprint density at radius 1 is 1.32 bits per heavy atom. The molecule has 2 rings (SSSR count). The van der Waals surface area contributed by atoms with Gasteiger partial charge in [-0.1, -0.05) is 12.1 Å². The molecule has 1 aliphatic rings. The molecule has 1 aliphatic heterocycles. The molecule has 0 spiro atoms. The van der Waals surface area contributed by atoms with Crippen molar-refractivity contribution >= 4 is 11.8 Å². The topological polar surface area (TPSA) is 79.5 Å². The average Bonchev–Trinajstić information content (AvgIpc) is 2.59. The molecule has 0 aromatic heterocycles. The summed E-state index contributed by atoms with van der Waals surface area (Å²) in [5.41, 5.74) is 0.525. The van der Waals surface area contributed by atoms with Crippen molar-refractivity contribution in [3.05, 3.63) is 29.8 Å². The number of piperidine rings is 1. The van der Waals surface area contributed by atoms with E-state index in [9.17, 15) is 9.59 Å². The van der Waals surface area contributed by atoms with Crippen LogP contribution in [0.1, 0.15) is 49.9 Å². The van der Waals surface area contributed by atoms with Gasteiger partial charge in [-0.15, -0.1) is 0 Å². The maximum atomic E-state index is 12.2. The predicted octanol–water partition coefficient (Wildman–Crippen LogP) is 1.85. The van der Waals surface area contributed by atoms with E-state index in [0.29, 0.717) is 43.3 Å². The van der Waals surface area contributed by atoms with Gasteiger partial charge in [0, 0.05) is 25.0 Å². The molecule has 1 heterocycles. The lowest BCUT2D eigenvalue weighted by Crippen LogP contribution is -2.46. The fourth-order valence-corrected chi connectivity index (χ4v) is 3.04. The Bertz CT molecular complexity index is 577. The van der Waals surface area contributed by atoms with Crippen molar-refractivity contribution in [2.45, 2.75) is 51.6 Å². The minimum atomic E-state index is -0.170. The van der Waals surface area contributed by atoms with Gasteiger partial charge in [-0.3, -0.25) is 9.59 Å². The summed E-state index contributed by atoms with van der Waals surface area (Å²) < 4.78 is 5.47. The Labute approximate surface area is 149 Å². The highest BCUT2D eigenvalue weighted by Gasteiger charge is 2.19. The van der Waals surface area contributed by atoms with Crippen LogP contribution in [-0.2, 0) is 4.79 Å². The maximum Gasteiger partial charge on any atom is 0.255 e. The lowest BCUT2D eigenvalue weighted by atomic mass is 10.0. The highest BCUT2D eigenvalue weighted by atomic mass is 16.5. The fraction of sp³-hybridized carbons (Fsp3) is 0.579. The van der Waals surface area contributed by atoms with Crippen LogP contribution in [0.4, 0.5) is 0 Å². The molecule has 2 unspecified atom stereocenters. The van der Waals surface area contributed by atoms with E-state index >= 15 is 0 Å². The van der Waals surface area contributed by atoms with Crippen LogP contribution >= 0.6 is 0 Å². The van der Waals surface area contributed by atoms with E-state index in [4.69, 9.17) is 4.74 Å². The molecule has 138 valence electrons. The molecule has 1 saturated heterocycles. The van der Waals surface area contributed by atoms with Gasteiger partial charge in [-0.2, -0.15) is 0 Å². The normalized spacial score (nSPS) is 19.9. The third-order valence-electron chi connectivity index (χ3n) is 4.29. The zero-order valence-corrected chi connectivity index (χ0v) is 15.1. The first-order valence-electron chi connectivity index (χ1n) is 9.13. The van der Waals surface area contributed by atoms with E-state index in [1.54, 1.807) is 12.1 Å². The van der Waals surface area contributed by atoms with Gasteiger partial charge in [0.25, 0.3) is 5.91 Å². The number of hydrogen-bond acceptors (Lipinski definition) is 4. The maximum absolute atomic E-state index is 12.2. The van der Waals surface area contributed by atoms with Gasteiger partial charge in [-0.05, 0) is 51.8 Å². The largest absolute Gasteiger partial charge is 0.493 e. The number of rotatable bonds is 8. The lowest BCUT2D eigenvalue weighted by molar-refractivity contribution is -0.122. The Hall–Kier alpha value is -2.08. The molecule has 0 saturated carbocycles. The summed E-state index contributed by atoms with van der Waals surface area (Å²) in [6.07, 6.45) is 2.98. The number of carbonyl (C=O) groups is 2. The quantitative estimate of drug-likeness (QED) is 0.627. The van der Waals surface area contributed by atoms with E-state index in [0.717, 1.165) is 19.4 Å². The summed E-state index contributed by atoms with van der Waals surface area (Å²) in [5, 5.41) is 9.31. The van der Waals surface area contributed by atoms with Gasteiger partial charge >= 0.3 is 0 Å². The number of nitrogens with one attached hydrogen (secondary N) is 3. The molecule has 1 fully saturated rings. The summed E-state index contributed by atoms with van der Waals surface area (Å²) >= 11 is 0. The van der Waals surface area contributed by atoms with Crippen molar-refractivity contribution in [1.82, 2.24) is 16.0 Å². The standard InChI is InChI=1S/C19H29N3O3/c1-3-25-17-8-5-4-7-16(17)19(24)21-11-6-9-18(23)22-15-10-12-20-14(2)13-15/h4-5,7-8,14-15,20H,3,6,9-13H2,1-2H3,(H,21,24)(H,22,23). The molecule has 25 heavy (non-hydrogen) atoms. The van der Waals surface area contributed by atoms with Crippen LogP contribution in [0.2, 0.25) is 0 Å². The number of ether oxygens (including phenoxy) is 1. The van der Waals surface area contributed by atoms with Gasteiger partial charge in [0.15, 0.2) is 0 Å². The van der Waals surface area contributed by atoms with Crippen LogP contribution in [0.5, 0.6) is 5.75 Å². The summed E-state index contributed by atoms with van der Waals surface area (Å²) in [5.74, 6) is 0.472. The first-order chi connectivity index (χ1) is 12.1. The third kappa shape index (κ3) is 6.38. The van der Waals surface area contributed by atoms with Crippen molar-refractivity contribution in [2.24, 2.45) is 0 Å². The number of hydrogen-bond donors (Lipinski definition) is 3. The van der Waals surface area contributed by atoms with E-state index in [1.165, 1.54) is 0 Å². The summed E-state index contributed by atoms with van der Waals surface area (Å²) in [4.78, 5) is 24.2. The first-order valence-corrected chi connectivity index (χ1v) is 9.13. The molecule has 2 atom stereocenters. The van der Waals surface area contributed by atoms with E-state index in [1.807, 2.05) is 19.1 Å². The number of carbonyl (C=O) groups excluding carboxylic acids is 2.